The summed E-state index contributed by atoms with van der Waals surface area (Å²) in [6.45, 7) is 1.84. The number of nitrogens with two attached hydrogens (primary N) is 1. The zero-order chi connectivity index (χ0) is 12.4. The van der Waals surface area contributed by atoms with Crippen molar-refractivity contribution in [3.8, 4) is 0 Å². The summed E-state index contributed by atoms with van der Waals surface area (Å²) < 4.78 is 0. The van der Waals surface area contributed by atoms with Crippen LogP contribution in [0.15, 0.2) is 42.5 Å². The summed E-state index contributed by atoms with van der Waals surface area (Å²) in [6.07, 6.45) is 0. The van der Waals surface area contributed by atoms with Gasteiger partial charge in [-0.3, -0.25) is 4.79 Å². The summed E-state index contributed by atoms with van der Waals surface area (Å²) in [5, 5.41) is 11.2. The third-order valence-electron chi connectivity index (χ3n) is 3.12. The van der Waals surface area contributed by atoms with E-state index in [1.807, 2.05) is 49.4 Å². The second-order valence-electron chi connectivity index (χ2n) is 4.26. The molecule has 2 rings (SSSR count). The van der Waals surface area contributed by atoms with Gasteiger partial charge >= 0.3 is 5.97 Å². The van der Waals surface area contributed by atoms with Crippen LogP contribution in [0.5, 0.6) is 0 Å². The molecule has 0 aliphatic heterocycles. The third kappa shape index (κ3) is 2.29. The molecule has 0 aliphatic rings. The van der Waals surface area contributed by atoms with Crippen LogP contribution in [-0.2, 0) is 4.79 Å². The zero-order valence-corrected chi connectivity index (χ0v) is 9.63. The van der Waals surface area contributed by atoms with Crippen LogP contribution in [0.2, 0.25) is 0 Å². The molecule has 3 N–H and O–H groups in total. The average Bonchev–Trinajstić information content (AvgIpc) is 2.36. The summed E-state index contributed by atoms with van der Waals surface area (Å²) in [5.74, 6) is -1.16. The maximum absolute atomic E-state index is 10.9. The Morgan fingerprint density at radius 2 is 1.82 bits per heavy atom. The SMILES string of the molecule is CC(c1ccc2ccccc2c1)[C@H](N)C(=O)O. The van der Waals surface area contributed by atoms with Crippen LogP contribution in [0, 0.1) is 0 Å². The quantitative estimate of drug-likeness (QED) is 0.849. The van der Waals surface area contributed by atoms with E-state index in [1.54, 1.807) is 0 Å². The largest absolute Gasteiger partial charge is 0.480 e. The predicted octanol–water partition coefficient (Wildman–Crippen LogP) is 2.36. The molecular formula is C14H15NO2. The molecule has 0 spiro atoms. The topological polar surface area (TPSA) is 63.3 Å². The number of rotatable bonds is 3. The molecule has 88 valence electrons. The van der Waals surface area contributed by atoms with Crippen molar-refractivity contribution in [3.63, 3.8) is 0 Å². The number of hydrogen-bond donors (Lipinski definition) is 2. The minimum Gasteiger partial charge on any atom is -0.480 e. The van der Waals surface area contributed by atoms with Gasteiger partial charge in [0.15, 0.2) is 0 Å². The molecule has 17 heavy (non-hydrogen) atoms. The Labute approximate surface area is 99.9 Å². The summed E-state index contributed by atoms with van der Waals surface area (Å²) >= 11 is 0. The summed E-state index contributed by atoms with van der Waals surface area (Å²) in [6, 6.07) is 13.1. The van der Waals surface area contributed by atoms with E-state index < -0.39 is 12.0 Å². The van der Waals surface area contributed by atoms with E-state index in [-0.39, 0.29) is 5.92 Å². The highest BCUT2D eigenvalue weighted by Crippen LogP contribution is 2.23. The number of benzene rings is 2. The van der Waals surface area contributed by atoms with E-state index >= 15 is 0 Å². The monoisotopic (exact) mass is 229 g/mol. The Balaban J connectivity index is 2.39. The normalized spacial score (nSPS) is 14.5. The van der Waals surface area contributed by atoms with Gasteiger partial charge in [-0.05, 0) is 16.3 Å². The molecular weight excluding hydrogens is 214 g/mol. The molecule has 2 aromatic rings. The van der Waals surface area contributed by atoms with Crippen LogP contribution in [-0.4, -0.2) is 17.1 Å². The maximum atomic E-state index is 10.9. The Morgan fingerprint density at radius 3 is 2.47 bits per heavy atom. The van der Waals surface area contributed by atoms with Crippen molar-refractivity contribution in [3.05, 3.63) is 48.0 Å². The number of fused-ring (bicyclic) bond motifs is 1. The van der Waals surface area contributed by atoms with Gasteiger partial charge in [-0.1, -0.05) is 49.4 Å². The molecule has 1 unspecified atom stereocenters. The van der Waals surface area contributed by atoms with Crippen molar-refractivity contribution in [1.82, 2.24) is 0 Å². The first-order chi connectivity index (χ1) is 8.09. The van der Waals surface area contributed by atoms with Gasteiger partial charge in [-0.25, -0.2) is 0 Å². The molecule has 3 nitrogen and oxygen atoms in total. The molecule has 0 saturated carbocycles. The molecule has 2 aromatic carbocycles. The minimum absolute atomic E-state index is 0.197. The van der Waals surface area contributed by atoms with Gasteiger partial charge in [0, 0.05) is 5.92 Å². The Kier molecular flexibility index (Phi) is 3.11. The van der Waals surface area contributed by atoms with Crippen molar-refractivity contribution in [1.29, 1.82) is 0 Å². The lowest BCUT2D eigenvalue weighted by molar-refractivity contribution is -0.139. The van der Waals surface area contributed by atoms with E-state index in [1.165, 1.54) is 0 Å². The first kappa shape index (κ1) is 11.6. The van der Waals surface area contributed by atoms with Crippen molar-refractivity contribution in [2.45, 2.75) is 18.9 Å². The van der Waals surface area contributed by atoms with Gasteiger partial charge in [-0.15, -0.1) is 0 Å². The number of aliphatic carboxylic acids is 1. The van der Waals surface area contributed by atoms with Gasteiger partial charge < -0.3 is 10.8 Å². The maximum Gasteiger partial charge on any atom is 0.321 e. The van der Waals surface area contributed by atoms with E-state index in [0.29, 0.717) is 0 Å². The van der Waals surface area contributed by atoms with Gasteiger partial charge in [-0.2, -0.15) is 0 Å². The lowest BCUT2D eigenvalue weighted by Crippen LogP contribution is -2.35. The Bertz CT molecular complexity index is 551. The third-order valence-corrected chi connectivity index (χ3v) is 3.12. The van der Waals surface area contributed by atoms with Crippen molar-refractivity contribution in [2.24, 2.45) is 5.73 Å². The van der Waals surface area contributed by atoms with Crippen LogP contribution < -0.4 is 5.73 Å². The lowest BCUT2D eigenvalue weighted by atomic mass is 9.92. The zero-order valence-electron chi connectivity index (χ0n) is 9.63. The molecule has 0 amide bonds. The van der Waals surface area contributed by atoms with Crippen LogP contribution in [0.1, 0.15) is 18.4 Å². The fourth-order valence-electron chi connectivity index (χ4n) is 1.91. The van der Waals surface area contributed by atoms with E-state index in [9.17, 15) is 4.79 Å². The smallest absolute Gasteiger partial charge is 0.321 e. The van der Waals surface area contributed by atoms with E-state index in [2.05, 4.69) is 0 Å². The molecule has 0 aliphatic carbocycles. The average molecular weight is 229 g/mol. The van der Waals surface area contributed by atoms with Crippen molar-refractivity contribution in [2.75, 3.05) is 0 Å². The van der Waals surface area contributed by atoms with E-state index in [0.717, 1.165) is 16.3 Å². The number of carbonyl (C=O) groups is 1. The lowest BCUT2D eigenvalue weighted by Gasteiger charge is -2.16. The molecule has 0 heterocycles. The van der Waals surface area contributed by atoms with Crippen molar-refractivity contribution >= 4 is 16.7 Å². The molecule has 0 radical (unpaired) electrons. The summed E-state index contributed by atoms with van der Waals surface area (Å²) in [7, 11) is 0. The summed E-state index contributed by atoms with van der Waals surface area (Å²) in [4.78, 5) is 10.9. The highest BCUT2D eigenvalue weighted by atomic mass is 16.4. The van der Waals surface area contributed by atoms with Gasteiger partial charge in [0.2, 0.25) is 0 Å². The molecule has 0 bridgehead atoms. The second-order valence-corrected chi connectivity index (χ2v) is 4.26. The molecule has 0 fully saturated rings. The highest BCUT2D eigenvalue weighted by Gasteiger charge is 2.21. The summed E-state index contributed by atoms with van der Waals surface area (Å²) in [5.41, 5.74) is 6.59. The van der Waals surface area contributed by atoms with E-state index in [4.69, 9.17) is 10.8 Å². The van der Waals surface area contributed by atoms with Gasteiger partial charge in [0.05, 0.1) is 0 Å². The van der Waals surface area contributed by atoms with Crippen LogP contribution >= 0.6 is 0 Å². The highest BCUT2D eigenvalue weighted by molar-refractivity contribution is 5.83. The predicted molar refractivity (Wildman–Crippen MR) is 68.0 cm³/mol. The fraction of sp³-hybridized carbons (Fsp3) is 0.214. The second kappa shape index (κ2) is 4.55. The molecule has 0 saturated heterocycles. The molecule has 2 atom stereocenters. The first-order valence-corrected chi connectivity index (χ1v) is 5.56. The van der Waals surface area contributed by atoms with Crippen LogP contribution in [0.25, 0.3) is 10.8 Å². The standard InChI is InChI=1S/C14H15NO2/c1-9(13(15)14(16)17)11-7-6-10-4-2-3-5-12(10)8-11/h2-9,13H,15H2,1H3,(H,16,17)/t9?,13-/m0/s1. The van der Waals surface area contributed by atoms with Crippen LogP contribution in [0.4, 0.5) is 0 Å². The fourth-order valence-corrected chi connectivity index (χ4v) is 1.91. The van der Waals surface area contributed by atoms with Crippen LogP contribution in [0.3, 0.4) is 0 Å². The number of carboxylic acids is 1. The number of carboxylic acid groups (broad SMARTS) is 1. The Morgan fingerprint density at radius 1 is 1.18 bits per heavy atom. The molecule has 0 aromatic heterocycles. The van der Waals surface area contributed by atoms with Gasteiger partial charge in [0.25, 0.3) is 0 Å². The first-order valence-electron chi connectivity index (χ1n) is 5.56. The number of hydrogen-bond acceptors (Lipinski definition) is 2. The minimum atomic E-state index is -0.967. The molecule has 3 heteroatoms. The van der Waals surface area contributed by atoms with Crippen molar-refractivity contribution < 1.29 is 9.90 Å². The Hall–Kier alpha value is -1.87. The van der Waals surface area contributed by atoms with Gasteiger partial charge in [0.1, 0.15) is 6.04 Å².